The molecule has 106 valence electrons. The van der Waals surface area contributed by atoms with Crippen LogP contribution in [-0.4, -0.2) is 15.2 Å². The molecule has 0 unspecified atom stereocenters. The van der Waals surface area contributed by atoms with Crippen LogP contribution >= 0.6 is 0 Å². The van der Waals surface area contributed by atoms with Crippen LogP contribution in [-0.2, 0) is 0 Å². The third-order valence-corrected chi connectivity index (χ3v) is 3.24. The maximum Gasteiger partial charge on any atom is 0.261 e. The van der Waals surface area contributed by atoms with Gasteiger partial charge in [0.05, 0.1) is 5.56 Å². The van der Waals surface area contributed by atoms with Gasteiger partial charge in [-0.25, -0.2) is 4.39 Å². The van der Waals surface area contributed by atoms with Crippen LogP contribution in [0.15, 0.2) is 40.9 Å². The summed E-state index contributed by atoms with van der Waals surface area (Å²) in [5, 5.41) is 13.8. The van der Waals surface area contributed by atoms with E-state index in [1.54, 1.807) is 31.2 Å². The summed E-state index contributed by atoms with van der Waals surface area (Å²) in [5.41, 5.74) is 2.46. The molecule has 21 heavy (non-hydrogen) atoms. The fourth-order valence-corrected chi connectivity index (χ4v) is 2.00. The van der Waals surface area contributed by atoms with E-state index in [9.17, 15) is 9.50 Å². The molecule has 0 aliphatic rings. The number of hydrogen-bond acceptors (Lipinski definition) is 4. The Morgan fingerprint density at radius 3 is 2.62 bits per heavy atom. The standard InChI is InChI=1S/C16H13FN2O2/c1-9-3-6-12(14(20)7-9)16-18-15(19-21-16)11-5-4-10(2)13(17)8-11/h3-8,20H,1-2H3. The molecular formula is C16H13FN2O2. The van der Waals surface area contributed by atoms with Crippen molar-refractivity contribution in [2.45, 2.75) is 13.8 Å². The summed E-state index contributed by atoms with van der Waals surface area (Å²) >= 11 is 0. The van der Waals surface area contributed by atoms with E-state index in [4.69, 9.17) is 4.52 Å². The van der Waals surface area contributed by atoms with Crippen LogP contribution in [0.1, 0.15) is 11.1 Å². The van der Waals surface area contributed by atoms with E-state index in [0.717, 1.165) is 5.56 Å². The lowest BCUT2D eigenvalue weighted by atomic mass is 10.1. The molecule has 3 aromatic rings. The minimum atomic E-state index is -0.322. The van der Waals surface area contributed by atoms with Gasteiger partial charge in [0.25, 0.3) is 5.89 Å². The van der Waals surface area contributed by atoms with Crippen LogP contribution in [0.4, 0.5) is 4.39 Å². The van der Waals surface area contributed by atoms with Gasteiger partial charge in [-0.15, -0.1) is 0 Å². The lowest BCUT2D eigenvalue weighted by molar-refractivity contribution is 0.425. The van der Waals surface area contributed by atoms with Crippen molar-refractivity contribution in [2.24, 2.45) is 0 Å². The monoisotopic (exact) mass is 284 g/mol. The fourth-order valence-electron chi connectivity index (χ4n) is 2.00. The lowest BCUT2D eigenvalue weighted by Crippen LogP contribution is -1.86. The van der Waals surface area contributed by atoms with Crippen LogP contribution in [0.2, 0.25) is 0 Å². The normalized spacial score (nSPS) is 10.8. The Balaban J connectivity index is 2.01. The number of aryl methyl sites for hydroxylation is 2. The summed E-state index contributed by atoms with van der Waals surface area (Å²) in [5.74, 6) is 0.227. The van der Waals surface area contributed by atoms with Gasteiger partial charge in [-0.1, -0.05) is 23.4 Å². The molecule has 0 radical (unpaired) electrons. The average Bonchev–Trinajstić information content (AvgIpc) is 2.91. The highest BCUT2D eigenvalue weighted by Gasteiger charge is 2.14. The SMILES string of the molecule is Cc1ccc(-c2nc(-c3ccc(C)c(F)c3)no2)c(O)c1. The van der Waals surface area contributed by atoms with Crippen molar-refractivity contribution in [1.82, 2.24) is 10.1 Å². The summed E-state index contributed by atoms with van der Waals surface area (Å²) in [6.45, 7) is 3.56. The van der Waals surface area contributed by atoms with E-state index in [1.807, 2.05) is 13.0 Å². The van der Waals surface area contributed by atoms with E-state index in [1.165, 1.54) is 6.07 Å². The number of halogens is 1. The van der Waals surface area contributed by atoms with Crippen molar-refractivity contribution in [3.05, 3.63) is 53.3 Å². The molecule has 0 saturated heterocycles. The van der Waals surface area contributed by atoms with E-state index in [2.05, 4.69) is 10.1 Å². The van der Waals surface area contributed by atoms with E-state index in [0.29, 0.717) is 16.7 Å². The first-order valence-electron chi connectivity index (χ1n) is 6.45. The third-order valence-electron chi connectivity index (χ3n) is 3.24. The van der Waals surface area contributed by atoms with Gasteiger partial charge >= 0.3 is 0 Å². The Bertz CT molecular complexity index is 812. The van der Waals surface area contributed by atoms with Crippen molar-refractivity contribution in [3.8, 4) is 28.6 Å². The maximum atomic E-state index is 13.6. The number of aromatic hydroxyl groups is 1. The van der Waals surface area contributed by atoms with Gasteiger partial charge in [-0.3, -0.25) is 0 Å². The van der Waals surface area contributed by atoms with Crippen LogP contribution in [0.5, 0.6) is 5.75 Å². The number of nitrogens with zero attached hydrogens (tertiary/aromatic N) is 2. The molecule has 1 heterocycles. The number of rotatable bonds is 2. The molecule has 0 saturated carbocycles. The predicted octanol–water partition coefficient (Wildman–Crippen LogP) is 3.87. The second kappa shape index (κ2) is 5.01. The van der Waals surface area contributed by atoms with Crippen LogP contribution in [0.3, 0.4) is 0 Å². The highest BCUT2D eigenvalue weighted by atomic mass is 19.1. The molecule has 0 spiro atoms. The molecule has 4 nitrogen and oxygen atoms in total. The molecule has 2 aromatic carbocycles. The average molecular weight is 284 g/mol. The zero-order valence-corrected chi connectivity index (χ0v) is 11.6. The smallest absolute Gasteiger partial charge is 0.261 e. The molecule has 0 aliphatic carbocycles. The van der Waals surface area contributed by atoms with Gasteiger partial charge in [-0.05, 0) is 43.2 Å². The summed E-state index contributed by atoms with van der Waals surface area (Å²) in [4.78, 5) is 4.21. The minimum Gasteiger partial charge on any atom is -0.507 e. The molecular weight excluding hydrogens is 271 g/mol. The second-order valence-electron chi connectivity index (χ2n) is 4.91. The maximum absolute atomic E-state index is 13.6. The van der Waals surface area contributed by atoms with Crippen LogP contribution in [0, 0.1) is 19.7 Å². The molecule has 5 heteroatoms. The Labute approximate surface area is 120 Å². The van der Waals surface area contributed by atoms with E-state index >= 15 is 0 Å². The fraction of sp³-hybridized carbons (Fsp3) is 0.125. The van der Waals surface area contributed by atoms with Crippen molar-refractivity contribution < 1.29 is 14.0 Å². The third kappa shape index (κ3) is 2.50. The number of phenols is 1. The molecule has 0 aliphatic heterocycles. The molecule has 0 amide bonds. The summed E-state index contributed by atoms with van der Waals surface area (Å²) in [6, 6.07) is 9.90. The zero-order chi connectivity index (χ0) is 15.0. The van der Waals surface area contributed by atoms with E-state index < -0.39 is 0 Å². The summed E-state index contributed by atoms with van der Waals surface area (Å²) in [6.07, 6.45) is 0. The Morgan fingerprint density at radius 2 is 1.90 bits per heavy atom. The van der Waals surface area contributed by atoms with Crippen molar-refractivity contribution in [2.75, 3.05) is 0 Å². The first-order valence-corrected chi connectivity index (χ1v) is 6.45. The van der Waals surface area contributed by atoms with Gasteiger partial charge in [0, 0.05) is 5.56 Å². The van der Waals surface area contributed by atoms with Crippen molar-refractivity contribution in [1.29, 1.82) is 0 Å². The first kappa shape index (κ1) is 13.3. The first-order chi connectivity index (χ1) is 10.0. The Morgan fingerprint density at radius 1 is 1.10 bits per heavy atom. The minimum absolute atomic E-state index is 0.0697. The van der Waals surface area contributed by atoms with E-state index in [-0.39, 0.29) is 23.3 Å². The van der Waals surface area contributed by atoms with Gasteiger partial charge in [-0.2, -0.15) is 4.98 Å². The van der Waals surface area contributed by atoms with Crippen molar-refractivity contribution >= 4 is 0 Å². The topological polar surface area (TPSA) is 59.2 Å². The number of hydrogen-bond donors (Lipinski definition) is 1. The highest BCUT2D eigenvalue weighted by molar-refractivity contribution is 5.65. The van der Waals surface area contributed by atoms with Gasteiger partial charge < -0.3 is 9.63 Å². The number of benzene rings is 2. The van der Waals surface area contributed by atoms with Gasteiger partial charge in [0.1, 0.15) is 11.6 Å². The largest absolute Gasteiger partial charge is 0.507 e. The molecule has 1 N–H and O–H groups in total. The van der Waals surface area contributed by atoms with Crippen LogP contribution in [0.25, 0.3) is 22.8 Å². The summed E-state index contributed by atoms with van der Waals surface area (Å²) < 4.78 is 18.7. The predicted molar refractivity (Wildman–Crippen MR) is 76.3 cm³/mol. The number of phenolic OH excluding ortho intramolecular Hbond substituents is 1. The van der Waals surface area contributed by atoms with Crippen molar-refractivity contribution in [3.63, 3.8) is 0 Å². The van der Waals surface area contributed by atoms with Gasteiger partial charge in [0.2, 0.25) is 5.82 Å². The Kier molecular flexibility index (Phi) is 3.17. The molecule has 0 bridgehead atoms. The molecule has 0 fully saturated rings. The quantitative estimate of drug-likeness (QED) is 0.776. The zero-order valence-electron chi connectivity index (χ0n) is 11.6. The summed E-state index contributed by atoms with van der Waals surface area (Å²) in [7, 11) is 0. The lowest BCUT2D eigenvalue weighted by Gasteiger charge is -2.00. The van der Waals surface area contributed by atoms with Gasteiger partial charge in [0.15, 0.2) is 0 Å². The number of aromatic nitrogens is 2. The molecule has 1 aromatic heterocycles. The van der Waals surface area contributed by atoms with Crippen LogP contribution < -0.4 is 0 Å². The Hall–Kier alpha value is -2.69. The molecule has 3 rings (SSSR count). The molecule has 0 atom stereocenters. The second-order valence-corrected chi connectivity index (χ2v) is 4.91. The highest BCUT2D eigenvalue weighted by Crippen LogP contribution is 2.30.